The van der Waals surface area contributed by atoms with Crippen LogP contribution in [0.25, 0.3) is 6.08 Å². The average Bonchev–Trinajstić information content (AvgIpc) is 3.13. The molecule has 0 radical (unpaired) electrons. The molecule has 1 aliphatic carbocycles. The smallest absolute Gasteiger partial charge is 0.744 e. The molecular formula is C34H27LiN13NaO7S2. The summed E-state index contributed by atoms with van der Waals surface area (Å²) in [6, 6.07) is 21.9. The normalized spacial score (nSPS) is 13.7. The number of nitrogen functional groups attached to an aromatic ring is 5. The van der Waals surface area contributed by atoms with Crippen molar-refractivity contribution in [1.82, 2.24) is 0 Å². The second kappa shape index (κ2) is 18.2. The molecular weight excluding hydrogens is 797 g/mol. The van der Waals surface area contributed by atoms with Gasteiger partial charge in [0, 0.05) is 11.4 Å². The zero-order valence-electron chi connectivity index (χ0n) is 30.4. The van der Waals surface area contributed by atoms with Crippen molar-refractivity contribution >= 4 is 106 Å². The maximum atomic E-state index is 13.8. The number of Topliss-reactive ketones (excluding diaryl/α,β-unsaturated/α-hetero) is 1. The fraction of sp³-hybridized carbons (Fsp3) is 0. The molecule has 0 aromatic heterocycles. The number of nitrogens with two attached hydrogens (primary N) is 5. The molecule has 0 bridgehead atoms. The number of azo groups is 3. The van der Waals surface area contributed by atoms with Crippen molar-refractivity contribution in [2.75, 3.05) is 34.1 Å². The molecule has 5 aromatic rings. The van der Waals surface area contributed by atoms with Crippen LogP contribution in [0.1, 0.15) is 15.9 Å². The third kappa shape index (κ3) is 10.4. The number of nitrogens with one attached hydrogen (secondary N) is 1. The van der Waals surface area contributed by atoms with E-state index in [0.717, 1.165) is 0 Å². The van der Waals surface area contributed by atoms with E-state index in [4.69, 9.17) is 28.7 Å². The average molecular weight is 824 g/mol. The van der Waals surface area contributed by atoms with Crippen LogP contribution in [0.3, 0.4) is 0 Å². The van der Waals surface area contributed by atoms with Gasteiger partial charge >= 0.3 is 48.4 Å². The SMILES string of the molecule is Nc1ccc(N=Nc2ccc(N=Nc3c(S(=O)(=O)[O-])cc4c(c3N)C(=O)/C(=N/Nc3ccc(N=Nc5ccc(N)cc5N)cc3)C(S(=O)(=O)[O-])=C4)cc2)c(N)c1.[Li+].[Na+]. The molecule has 0 fully saturated rings. The zero-order valence-corrected chi connectivity index (χ0v) is 34.1. The Hall–Kier alpha value is -5.80. The van der Waals surface area contributed by atoms with Crippen molar-refractivity contribution in [3.63, 3.8) is 0 Å². The van der Waals surface area contributed by atoms with Crippen LogP contribution < -0.4 is 82.5 Å². The summed E-state index contributed by atoms with van der Waals surface area (Å²) in [5, 5.41) is 28.0. The number of fused-ring (bicyclic) bond motifs is 1. The van der Waals surface area contributed by atoms with E-state index in [-0.39, 0.29) is 59.8 Å². The van der Waals surface area contributed by atoms with Gasteiger partial charge < -0.3 is 37.8 Å². The van der Waals surface area contributed by atoms with Crippen LogP contribution in [0, 0.1) is 0 Å². The maximum Gasteiger partial charge on any atom is 1.00 e. The third-order valence-electron chi connectivity index (χ3n) is 7.76. The molecule has 58 heavy (non-hydrogen) atoms. The molecule has 0 saturated carbocycles. The Morgan fingerprint density at radius 2 is 1.05 bits per heavy atom. The summed E-state index contributed by atoms with van der Waals surface area (Å²) in [5.74, 6) is -1.20. The maximum absolute atomic E-state index is 13.8. The summed E-state index contributed by atoms with van der Waals surface area (Å²) in [6.45, 7) is 0. The van der Waals surface area contributed by atoms with E-state index in [0.29, 0.717) is 57.6 Å². The van der Waals surface area contributed by atoms with E-state index in [1.54, 1.807) is 24.3 Å². The molecule has 1 aliphatic rings. The first-order valence-corrected chi connectivity index (χ1v) is 18.5. The number of ketones is 1. The van der Waals surface area contributed by atoms with Crippen molar-refractivity contribution in [1.29, 1.82) is 0 Å². The molecule has 0 aliphatic heterocycles. The molecule has 5 aromatic carbocycles. The van der Waals surface area contributed by atoms with Gasteiger partial charge in [-0.15, -0.1) is 15.3 Å². The van der Waals surface area contributed by atoms with E-state index >= 15 is 0 Å². The predicted molar refractivity (Wildman–Crippen MR) is 208 cm³/mol. The number of nitrogens with zero attached hydrogens (tertiary/aromatic N) is 7. The van der Waals surface area contributed by atoms with Gasteiger partial charge in [-0.25, -0.2) is 16.8 Å². The molecule has 20 nitrogen and oxygen atoms in total. The summed E-state index contributed by atoms with van der Waals surface area (Å²) < 4.78 is 73.9. The Kier molecular flexibility index (Phi) is 14.1. The first-order valence-electron chi connectivity index (χ1n) is 15.7. The van der Waals surface area contributed by atoms with Crippen molar-refractivity contribution in [3.8, 4) is 0 Å². The standard InChI is InChI=1S/C34H29N13O7S2.Li.Na/c35-18-1-11-26(24(37)15-18)44-40-20-3-7-22(8-4-20)42-46-32-28(55(49,50)51)13-17-14-29(56(52,53)54)33(34(48)30(17)31(32)39)47-43-23-9-5-21(6-10-23)41-45-27-12-2-19(36)16-25(27)38;;/h1-16,43H,35-39H2,(H,49,50,51)(H,52,53,54);;/q;2*+1/p-2/b44-40?,45-41?,46-42?,47-33+;;. The van der Waals surface area contributed by atoms with Crippen LogP contribution in [0.5, 0.6) is 0 Å². The molecule has 0 atom stereocenters. The Morgan fingerprint density at radius 3 is 1.50 bits per heavy atom. The fourth-order valence-electron chi connectivity index (χ4n) is 5.05. The quantitative estimate of drug-likeness (QED) is 0.0363. The zero-order chi connectivity index (χ0) is 40.4. The van der Waals surface area contributed by atoms with Gasteiger partial charge in [-0.2, -0.15) is 20.4 Å². The number of anilines is 6. The number of carbonyl (C=O) groups is 1. The molecule has 0 unspecified atom stereocenters. The fourth-order valence-corrected chi connectivity index (χ4v) is 6.36. The van der Waals surface area contributed by atoms with Crippen molar-refractivity contribution < 1.29 is 79.2 Å². The van der Waals surface area contributed by atoms with Gasteiger partial charge in [-0.3, -0.25) is 10.2 Å². The first kappa shape index (κ1) is 44.9. The van der Waals surface area contributed by atoms with E-state index < -0.39 is 64.0 Å². The Morgan fingerprint density at radius 1 is 0.586 bits per heavy atom. The Labute approximate surface area is 364 Å². The van der Waals surface area contributed by atoms with Gasteiger partial charge in [-0.05, 0) is 103 Å². The summed E-state index contributed by atoms with van der Waals surface area (Å²) in [7, 11) is -10.8. The summed E-state index contributed by atoms with van der Waals surface area (Å²) in [6.07, 6.45) is 0.684. The van der Waals surface area contributed by atoms with Crippen LogP contribution in [0.2, 0.25) is 0 Å². The number of hydrogen-bond donors (Lipinski definition) is 6. The first-order chi connectivity index (χ1) is 26.5. The molecule has 0 spiro atoms. The molecule has 24 heteroatoms. The van der Waals surface area contributed by atoms with Gasteiger partial charge in [-0.1, -0.05) is 0 Å². The monoisotopic (exact) mass is 823 g/mol. The molecule has 0 saturated heterocycles. The molecule has 11 N–H and O–H groups in total. The molecule has 0 heterocycles. The predicted octanol–water partition coefficient (Wildman–Crippen LogP) is 0.306. The minimum absolute atomic E-state index is 0. The second-order valence-corrected chi connectivity index (χ2v) is 14.4. The van der Waals surface area contributed by atoms with Crippen molar-refractivity contribution in [2.45, 2.75) is 4.90 Å². The van der Waals surface area contributed by atoms with Crippen LogP contribution in [-0.2, 0) is 20.2 Å². The van der Waals surface area contributed by atoms with Crippen LogP contribution in [0.4, 0.5) is 68.2 Å². The Balaban J connectivity index is 0.00000372. The van der Waals surface area contributed by atoms with Gasteiger partial charge in [0.05, 0.1) is 55.2 Å². The Bertz CT molecular complexity index is 2800. The minimum Gasteiger partial charge on any atom is -0.744 e. The molecule has 6 rings (SSSR count). The minimum atomic E-state index is -5.41. The topological polar surface area (TPSA) is 360 Å². The van der Waals surface area contributed by atoms with Gasteiger partial charge in [0.2, 0.25) is 5.78 Å². The van der Waals surface area contributed by atoms with Crippen LogP contribution in [-0.4, -0.2) is 37.4 Å². The number of allylic oxidation sites excluding steroid dienone is 1. The van der Waals surface area contributed by atoms with E-state index in [2.05, 4.69) is 41.2 Å². The van der Waals surface area contributed by atoms with Crippen molar-refractivity contribution in [3.05, 3.63) is 107 Å². The third-order valence-corrected chi connectivity index (χ3v) is 9.46. The summed E-state index contributed by atoms with van der Waals surface area (Å²) in [4.78, 5) is 11.6. The van der Waals surface area contributed by atoms with Gasteiger partial charge in [0.1, 0.15) is 43.0 Å². The van der Waals surface area contributed by atoms with Crippen LogP contribution in [0.15, 0.2) is 137 Å². The number of rotatable bonds is 10. The van der Waals surface area contributed by atoms with E-state index in [1.807, 2.05) is 0 Å². The van der Waals surface area contributed by atoms with E-state index in [1.165, 1.54) is 60.7 Å². The number of hydrazone groups is 1. The summed E-state index contributed by atoms with van der Waals surface area (Å²) >= 11 is 0. The number of carbonyl (C=O) groups excluding carboxylic acids is 1. The van der Waals surface area contributed by atoms with Crippen LogP contribution >= 0.6 is 0 Å². The van der Waals surface area contributed by atoms with Crippen molar-refractivity contribution in [2.24, 2.45) is 35.8 Å². The molecule has 284 valence electrons. The number of hydrogen-bond acceptors (Lipinski definition) is 20. The van der Waals surface area contributed by atoms with Gasteiger partial charge in [0.15, 0.2) is 0 Å². The largest absolute Gasteiger partial charge is 1.00 e. The number of benzene rings is 5. The summed E-state index contributed by atoms with van der Waals surface area (Å²) in [5.41, 5.74) is 32.1. The van der Waals surface area contributed by atoms with E-state index in [9.17, 15) is 30.7 Å². The van der Waals surface area contributed by atoms with Gasteiger partial charge in [0.25, 0.3) is 0 Å². The second-order valence-electron chi connectivity index (χ2n) is 11.7. The molecule has 0 amide bonds.